The van der Waals surface area contributed by atoms with E-state index in [0.29, 0.717) is 0 Å². The molecule has 0 bridgehead atoms. The first-order valence-electron chi connectivity index (χ1n) is 7.99. The molecule has 1 N–H and O–H groups in total. The number of hydrogen-bond acceptors (Lipinski definition) is 5. The van der Waals surface area contributed by atoms with Crippen LogP contribution in [0.2, 0.25) is 10.0 Å². The number of benzene rings is 2. The zero-order valence-electron chi connectivity index (χ0n) is 15.3. The number of amides is 1. The largest absolute Gasteiger partial charge is 0.465 e. The van der Waals surface area contributed by atoms with Crippen molar-refractivity contribution in [3.63, 3.8) is 0 Å². The van der Waals surface area contributed by atoms with E-state index in [4.69, 9.17) is 27.9 Å². The molecule has 0 unspecified atom stereocenters. The number of methoxy groups -OCH3 is 1. The van der Waals surface area contributed by atoms with Crippen molar-refractivity contribution in [1.82, 2.24) is 0 Å². The van der Waals surface area contributed by atoms with E-state index < -0.39 is 27.9 Å². The van der Waals surface area contributed by atoms with Gasteiger partial charge in [0.1, 0.15) is 6.04 Å². The van der Waals surface area contributed by atoms with E-state index in [2.05, 4.69) is 5.32 Å². The van der Waals surface area contributed by atoms with Gasteiger partial charge in [-0.05, 0) is 37.3 Å². The SMILES string of the molecule is COC(=O)c1ccccc1NC(=O)[C@@H](C)N(c1ccc(Cl)c(Cl)c1)S(C)(=O)=O. The molecule has 0 aliphatic rings. The smallest absolute Gasteiger partial charge is 0.339 e. The van der Waals surface area contributed by atoms with Crippen LogP contribution in [-0.4, -0.2) is 39.7 Å². The number of ether oxygens (including phenoxy) is 1. The van der Waals surface area contributed by atoms with E-state index >= 15 is 0 Å². The monoisotopic (exact) mass is 444 g/mol. The number of carbonyl (C=O) groups is 2. The third-order valence-corrected chi connectivity index (χ3v) is 5.82. The molecule has 0 heterocycles. The van der Waals surface area contributed by atoms with Crippen LogP contribution in [0.15, 0.2) is 42.5 Å². The van der Waals surface area contributed by atoms with Crippen molar-refractivity contribution >= 4 is 56.5 Å². The molecule has 1 amide bonds. The van der Waals surface area contributed by atoms with Crippen molar-refractivity contribution in [3.8, 4) is 0 Å². The molecular weight excluding hydrogens is 427 g/mol. The Balaban J connectivity index is 2.38. The van der Waals surface area contributed by atoms with Crippen LogP contribution in [-0.2, 0) is 19.6 Å². The number of para-hydroxylation sites is 1. The molecule has 0 aromatic heterocycles. The minimum Gasteiger partial charge on any atom is -0.465 e. The summed E-state index contributed by atoms with van der Waals surface area (Å²) in [6.45, 7) is 1.42. The van der Waals surface area contributed by atoms with E-state index in [1.54, 1.807) is 12.1 Å². The topological polar surface area (TPSA) is 92.8 Å². The van der Waals surface area contributed by atoms with Crippen LogP contribution in [0.1, 0.15) is 17.3 Å². The normalized spacial score (nSPS) is 12.2. The van der Waals surface area contributed by atoms with Gasteiger partial charge in [-0.3, -0.25) is 9.10 Å². The molecular formula is C18H18Cl2N2O5S. The molecule has 0 saturated carbocycles. The molecule has 0 saturated heterocycles. The van der Waals surface area contributed by atoms with E-state index in [0.717, 1.165) is 10.6 Å². The van der Waals surface area contributed by atoms with Gasteiger partial charge in [-0.25, -0.2) is 13.2 Å². The predicted octanol–water partition coefficient (Wildman–Crippen LogP) is 3.57. The molecule has 0 radical (unpaired) electrons. The summed E-state index contributed by atoms with van der Waals surface area (Å²) in [7, 11) is -2.61. The van der Waals surface area contributed by atoms with Gasteiger partial charge in [0.25, 0.3) is 0 Å². The third-order valence-electron chi connectivity index (χ3n) is 3.84. The highest BCUT2D eigenvalue weighted by Gasteiger charge is 2.30. The number of anilines is 2. The average molecular weight is 445 g/mol. The van der Waals surface area contributed by atoms with E-state index in [-0.39, 0.29) is 27.0 Å². The van der Waals surface area contributed by atoms with E-state index in [1.807, 2.05) is 0 Å². The first kappa shape index (κ1) is 22.0. The highest BCUT2D eigenvalue weighted by Crippen LogP contribution is 2.30. The Kier molecular flexibility index (Phi) is 6.92. The van der Waals surface area contributed by atoms with Gasteiger partial charge in [-0.2, -0.15) is 0 Å². The molecule has 150 valence electrons. The first-order chi connectivity index (χ1) is 13.1. The summed E-state index contributed by atoms with van der Waals surface area (Å²) in [6.07, 6.45) is 0.974. The Morgan fingerprint density at radius 3 is 2.32 bits per heavy atom. The summed E-state index contributed by atoms with van der Waals surface area (Å²) < 4.78 is 30.3. The summed E-state index contributed by atoms with van der Waals surface area (Å²) in [5, 5.41) is 2.97. The molecule has 2 aromatic carbocycles. The molecule has 7 nitrogen and oxygen atoms in total. The lowest BCUT2D eigenvalue weighted by Gasteiger charge is -2.28. The second-order valence-corrected chi connectivity index (χ2v) is 8.53. The van der Waals surface area contributed by atoms with Crippen molar-refractivity contribution < 1.29 is 22.7 Å². The lowest BCUT2D eigenvalue weighted by molar-refractivity contribution is -0.116. The highest BCUT2D eigenvalue weighted by molar-refractivity contribution is 7.92. The number of rotatable bonds is 6. The Morgan fingerprint density at radius 2 is 1.75 bits per heavy atom. The molecule has 1 atom stereocenters. The summed E-state index contributed by atoms with van der Waals surface area (Å²) in [5.74, 6) is -1.28. The number of esters is 1. The molecule has 28 heavy (non-hydrogen) atoms. The fraction of sp³-hybridized carbons (Fsp3) is 0.222. The number of sulfonamides is 1. The standard InChI is InChI=1S/C18H18Cl2N2O5S/c1-11(17(23)21-16-7-5-4-6-13(16)18(24)27-2)22(28(3,25)26)12-8-9-14(19)15(20)10-12/h4-11H,1-3H3,(H,21,23)/t11-/m1/s1. The van der Waals surface area contributed by atoms with Gasteiger partial charge in [0.15, 0.2) is 0 Å². The van der Waals surface area contributed by atoms with Crippen LogP contribution < -0.4 is 9.62 Å². The van der Waals surface area contributed by atoms with Gasteiger partial charge in [-0.1, -0.05) is 35.3 Å². The molecule has 10 heteroatoms. The molecule has 2 rings (SSSR count). The zero-order valence-corrected chi connectivity index (χ0v) is 17.6. The minimum atomic E-state index is -3.84. The maximum absolute atomic E-state index is 12.8. The Morgan fingerprint density at radius 1 is 1.11 bits per heavy atom. The van der Waals surface area contributed by atoms with Gasteiger partial charge in [0.05, 0.1) is 40.3 Å². The number of hydrogen-bond donors (Lipinski definition) is 1. The van der Waals surface area contributed by atoms with Gasteiger partial charge in [0.2, 0.25) is 15.9 Å². The van der Waals surface area contributed by atoms with Gasteiger partial charge in [-0.15, -0.1) is 0 Å². The second kappa shape index (κ2) is 8.81. The number of nitrogens with zero attached hydrogens (tertiary/aromatic N) is 1. The summed E-state index contributed by atoms with van der Waals surface area (Å²) in [5.41, 5.74) is 0.528. The third kappa shape index (κ3) is 4.95. The summed E-state index contributed by atoms with van der Waals surface area (Å²) in [4.78, 5) is 24.6. The van der Waals surface area contributed by atoms with E-state index in [9.17, 15) is 18.0 Å². The fourth-order valence-electron chi connectivity index (χ4n) is 2.55. The van der Waals surface area contributed by atoms with Crippen molar-refractivity contribution in [2.75, 3.05) is 23.0 Å². The lowest BCUT2D eigenvalue weighted by Crippen LogP contribution is -2.45. The Labute approximate surface area is 173 Å². The van der Waals surface area contributed by atoms with Crippen molar-refractivity contribution in [2.45, 2.75) is 13.0 Å². The zero-order chi connectivity index (χ0) is 21.1. The lowest BCUT2D eigenvalue weighted by atomic mass is 10.1. The quantitative estimate of drug-likeness (QED) is 0.687. The van der Waals surface area contributed by atoms with Gasteiger partial charge >= 0.3 is 5.97 Å². The van der Waals surface area contributed by atoms with Crippen LogP contribution >= 0.6 is 23.2 Å². The number of halogens is 2. The number of carbonyl (C=O) groups excluding carboxylic acids is 2. The van der Waals surface area contributed by atoms with Gasteiger partial charge in [0, 0.05) is 0 Å². The van der Waals surface area contributed by atoms with Crippen molar-refractivity contribution in [1.29, 1.82) is 0 Å². The second-order valence-electron chi connectivity index (χ2n) is 5.86. The maximum atomic E-state index is 12.8. The van der Waals surface area contributed by atoms with Crippen LogP contribution in [0.5, 0.6) is 0 Å². The molecule has 0 aliphatic heterocycles. The highest BCUT2D eigenvalue weighted by atomic mass is 35.5. The van der Waals surface area contributed by atoms with Crippen LogP contribution in [0.3, 0.4) is 0 Å². The Bertz CT molecular complexity index is 1010. The average Bonchev–Trinajstić information content (AvgIpc) is 2.63. The van der Waals surface area contributed by atoms with E-state index in [1.165, 1.54) is 44.4 Å². The van der Waals surface area contributed by atoms with Crippen molar-refractivity contribution in [2.24, 2.45) is 0 Å². The first-order valence-corrected chi connectivity index (χ1v) is 10.6. The van der Waals surface area contributed by atoms with Crippen LogP contribution in [0, 0.1) is 0 Å². The summed E-state index contributed by atoms with van der Waals surface area (Å²) in [6, 6.07) is 9.34. The van der Waals surface area contributed by atoms with Gasteiger partial charge < -0.3 is 10.1 Å². The number of nitrogens with one attached hydrogen (secondary N) is 1. The molecule has 0 aliphatic carbocycles. The minimum absolute atomic E-state index is 0.144. The molecule has 0 spiro atoms. The fourth-order valence-corrected chi connectivity index (χ4v) is 4.01. The molecule has 2 aromatic rings. The maximum Gasteiger partial charge on any atom is 0.339 e. The predicted molar refractivity (Wildman–Crippen MR) is 110 cm³/mol. The summed E-state index contributed by atoms with van der Waals surface area (Å²) >= 11 is 11.9. The van der Waals surface area contributed by atoms with Crippen LogP contribution in [0.25, 0.3) is 0 Å². The van der Waals surface area contributed by atoms with Crippen LogP contribution in [0.4, 0.5) is 11.4 Å². The molecule has 0 fully saturated rings. The van der Waals surface area contributed by atoms with Crippen molar-refractivity contribution in [3.05, 3.63) is 58.1 Å². The Hall–Kier alpha value is -2.29.